The van der Waals surface area contributed by atoms with Crippen LogP contribution in [0.25, 0.3) is 0 Å². The number of nitrogens with one attached hydrogen (secondary N) is 1. The summed E-state index contributed by atoms with van der Waals surface area (Å²) in [4.78, 5) is 15.7. The van der Waals surface area contributed by atoms with Crippen molar-refractivity contribution in [2.24, 2.45) is 0 Å². The van der Waals surface area contributed by atoms with Crippen molar-refractivity contribution in [2.45, 2.75) is 46.1 Å². The zero-order valence-electron chi connectivity index (χ0n) is 19.7. The van der Waals surface area contributed by atoms with Crippen LogP contribution in [0.5, 0.6) is 0 Å². The molecule has 33 heavy (non-hydrogen) atoms. The van der Waals surface area contributed by atoms with E-state index in [0.717, 1.165) is 71.0 Å². The average molecular weight is 519 g/mol. The zero-order valence-corrected chi connectivity index (χ0v) is 21.3. The fourth-order valence-electron chi connectivity index (χ4n) is 5.15. The SMILES string of the molecule is CCN(c1cc(Br)cc(C(=O)NCC2=C3COCCC3=C(C)CN2[O-])c1C)C1CCOCC1. The van der Waals surface area contributed by atoms with Crippen molar-refractivity contribution >= 4 is 27.5 Å². The number of anilines is 1. The van der Waals surface area contributed by atoms with E-state index in [-0.39, 0.29) is 12.5 Å². The van der Waals surface area contributed by atoms with Crippen LogP contribution >= 0.6 is 15.9 Å². The van der Waals surface area contributed by atoms with E-state index >= 15 is 0 Å². The molecule has 0 saturated carbocycles. The monoisotopic (exact) mass is 518 g/mol. The van der Waals surface area contributed by atoms with Crippen LogP contribution in [0.15, 0.2) is 39.0 Å². The second kappa shape index (κ2) is 10.6. The molecule has 3 heterocycles. The van der Waals surface area contributed by atoms with E-state index in [0.29, 0.717) is 37.1 Å². The minimum Gasteiger partial charge on any atom is -0.758 e. The van der Waals surface area contributed by atoms with E-state index in [1.807, 2.05) is 19.9 Å². The summed E-state index contributed by atoms with van der Waals surface area (Å²) in [6.07, 6.45) is 2.78. The Labute approximate surface area is 204 Å². The number of fused-ring (bicyclic) bond motifs is 1. The quantitative estimate of drug-likeness (QED) is 0.604. The number of halogens is 1. The van der Waals surface area contributed by atoms with Gasteiger partial charge in [-0.15, -0.1) is 0 Å². The number of hydrogen-bond donors (Lipinski definition) is 1. The number of rotatable bonds is 6. The summed E-state index contributed by atoms with van der Waals surface area (Å²) in [6, 6.07) is 4.35. The maximum absolute atomic E-state index is 13.3. The van der Waals surface area contributed by atoms with Gasteiger partial charge >= 0.3 is 0 Å². The van der Waals surface area contributed by atoms with Gasteiger partial charge < -0.3 is 30.0 Å². The molecule has 0 atom stereocenters. The zero-order chi connectivity index (χ0) is 23.5. The maximum Gasteiger partial charge on any atom is 0.251 e. The molecular weight excluding hydrogens is 486 g/mol. The lowest BCUT2D eigenvalue weighted by Crippen LogP contribution is -2.40. The highest BCUT2D eigenvalue weighted by atomic mass is 79.9. The third-order valence-electron chi connectivity index (χ3n) is 6.94. The Kier molecular flexibility index (Phi) is 7.79. The third kappa shape index (κ3) is 5.14. The highest BCUT2D eigenvalue weighted by Gasteiger charge is 2.26. The molecule has 0 radical (unpaired) electrons. The van der Waals surface area contributed by atoms with Gasteiger partial charge in [0.05, 0.1) is 19.8 Å². The van der Waals surface area contributed by atoms with Crippen LogP contribution in [0.3, 0.4) is 0 Å². The first-order valence-corrected chi connectivity index (χ1v) is 12.6. The van der Waals surface area contributed by atoms with Crippen molar-refractivity contribution in [3.05, 3.63) is 55.4 Å². The second-order valence-electron chi connectivity index (χ2n) is 8.93. The number of benzene rings is 1. The van der Waals surface area contributed by atoms with Crippen molar-refractivity contribution in [3.8, 4) is 0 Å². The van der Waals surface area contributed by atoms with Crippen molar-refractivity contribution in [3.63, 3.8) is 0 Å². The Balaban J connectivity index is 1.56. The van der Waals surface area contributed by atoms with E-state index in [1.54, 1.807) is 0 Å². The number of hydrogen-bond acceptors (Lipinski definition) is 6. The number of nitrogens with zero attached hydrogens (tertiary/aromatic N) is 2. The molecule has 0 bridgehead atoms. The largest absolute Gasteiger partial charge is 0.758 e. The summed E-state index contributed by atoms with van der Waals surface area (Å²) in [5.41, 5.74) is 6.48. The van der Waals surface area contributed by atoms with Crippen molar-refractivity contribution in [1.82, 2.24) is 10.4 Å². The molecule has 3 aliphatic rings. The van der Waals surface area contributed by atoms with E-state index in [4.69, 9.17) is 9.47 Å². The molecule has 8 heteroatoms. The van der Waals surface area contributed by atoms with Gasteiger partial charge in [-0.3, -0.25) is 4.79 Å². The number of ether oxygens (including phenoxy) is 2. The summed E-state index contributed by atoms with van der Waals surface area (Å²) in [5, 5.41) is 16.7. The summed E-state index contributed by atoms with van der Waals surface area (Å²) in [7, 11) is 0. The Morgan fingerprint density at radius 1 is 1.21 bits per heavy atom. The van der Waals surface area contributed by atoms with Gasteiger partial charge in [-0.1, -0.05) is 21.5 Å². The first kappa shape index (κ1) is 24.3. The highest BCUT2D eigenvalue weighted by Crippen LogP contribution is 2.33. The van der Waals surface area contributed by atoms with Crippen LogP contribution in [-0.2, 0) is 9.47 Å². The van der Waals surface area contributed by atoms with Gasteiger partial charge in [0.25, 0.3) is 5.91 Å². The molecule has 2 saturated heterocycles. The Bertz CT molecular complexity index is 969. The molecule has 7 nitrogen and oxygen atoms in total. The molecule has 0 unspecified atom stereocenters. The summed E-state index contributed by atoms with van der Waals surface area (Å²) < 4.78 is 12.0. The Morgan fingerprint density at radius 2 is 1.97 bits per heavy atom. The topological polar surface area (TPSA) is 77.1 Å². The third-order valence-corrected chi connectivity index (χ3v) is 7.40. The van der Waals surface area contributed by atoms with Gasteiger partial charge in [-0.05, 0) is 63.3 Å². The average Bonchev–Trinajstić information content (AvgIpc) is 2.82. The van der Waals surface area contributed by atoms with Crippen molar-refractivity contribution in [2.75, 3.05) is 51.0 Å². The van der Waals surface area contributed by atoms with Gasteiger partial charge in [-0.25, -0.2) is 0 Å². The molecule has 1 amide bonds. The summed E-state index contributed by atoms with van der Waals surface area (Å²) in [6.45, 7) is 10.2. The van der Waals surface area contributed by atoms with E-state index < -0.39 is 0 Å². The first-order chi connectivity index (χ1) is 15.9. The van der Waals surface area contributed by atoms with Gasteiger partial charge in [0.2, 0.25) is 0 Å². The first-order valence-electron chi connectivity index (χ1n) is 11.8. The van der Waals surface area contributed by atoms with Gasteiger partial charge in [0.15, 0.2) is 0 Å². The van der Waals surface area contributed by atoms with E-state index in [1.165, 1.54) is 5.57 Å². The van der Waals surface area contributed by atoms with Crippen LogP contribution < -0.4 is 10.2 Å². The normalized spacial score (nSPS) is 19.6. The van der Waals surface area contributed by atoms with Gasteiger partial charge in [0, 0.05) is 59.3 Å². The van der Waals surface area contributed by atoms with Crippen LogP contribution in [0.2, 0.25) is 0 Å². The predicted molar refractivity (Wildman–Crippen MR) is 133 cm³/mol. The van der Waals surface area contributed by atoms with Crippen LogP contribution in [0.4, 0.5) is 5.69 Å². The van der Waals surface area contributed by atoms with Crippen molar-refractivity contribution < 1.29 is 14.3 Å². The fraction of sp³-hybridized carbons (Fsp3) is 0.560. The lowest BCUT2D eigenvalue weighted by atomic mass is 9.91. The summed E-state index contributed by atoms with van der Waals surface area (Å²) >= 11 is 3.60. The summed E-state index contributed by atoms with van der Waals surface area (Å²) in [5.74, 6) is -0.177. The number of hydroxylamine groups is 2. The molecule has 0 aromatic heterocycles. The van der Waals surface area contributed by atoms with Gasteiger partial charge in [-0.2, -0.15) is 0 Å². The minimum absolute atomic E-state index is 0.177. The molecule has 1 aromatic rings. The number of amides is 1. The second-order valence-corrected chi connectivity index (χ2v) is 9.85. The molecule has 0 spiro atoms. The highest BCUT2D eigenvalue weighted by molar-refractivity contribution is 9.10. The minimum atomic E-state index is -0.177. The lowest BCUT2D eigenvalue weighted by molar-refractivity contribution is 0.0845. The van der Waals surface area contributed by atoms with E-state index in [9.17, 15) is 10.0 Å². The molecular formula is C25H33BrN3O4-. The molecule has 3 aliphatic heterocycles. The van der Waals surface area contributed by atoms with Crippen LogP contribution in [0.1, 0.15) is 49.0 Å². The van der Waals surface area contributed by atoms with Crippen LogP contribution in [-0.4, -0.2) is 63.1 Å². The fourth-order valence-corrected chi connectivity index (χ4v) is 5.59. The van der Waals surface area contributed by atoms with Gasteiger partial charge in [0.1, 0.15) is 0 Å². The number of carbonyl (C=O) groups is 1. The van der Waals surface area contributed by atoms with Crippen LogP contribution in [0, 0.1) is 12.1 Å². The molecule has 180 valence electrons. The molecule has 2 fully saturated rings. The molecule has 4 rings (SSSR count). The maximum atomic E-state index is 13.3. The Morgan fingerprint density at radius 3 is 2.70 bits per heavy atom. The van der Waals surface area contributed by atoms with E-state index in [2.05, 4.69) is 39.1 Å². The predicted octanol–water partition coefficient (Wildman–Crippen LogP) is 4.30. The smallest absolute Gasteiger partial charge is 0.251 e. The van der Waals surface area contributed by atoms with Crippen molar-refractivity contribution in [1.29, 1.82) is 0 Å². The Hall–Kier alpha value is -1.87. The number of carbonyl (C=O) groups excluding carboxylic acids is 1. The standard InChI is InChI=1S/C25H33BrN3O4/c1-4-28(19-5-8-32-9-6-19)23-12-18(26)11-21(17(23)3)25(30)27-13-24-22-15-33-10-7-20(22)16(2)14-29(24)31/h11-12,19H,4-10,13-15H2,1-3H3,(H,27,30)/q-1. The molecule has 0 aliphatic carbocycles. The molecule has 1 N–H and O–H groups in total. The molecule has 1 aromatic carbocycles. The lowest BCUT2D eigenvalue weighted by Gasteiger charge is -2.42.